The lowest BCUT2D eigenvalue weighted by Gasteiger charge is -2.26. The van der Waals surface area contributed by atoms with Gasteiger partial charge in [-0.25, -0.2) is 4.79 Å². The van der Waals surface area contributed by atoms with Crippen molar-refractivity contribution >= 4 is 22.8 Å². The number of nitrogens with one attached hydrogen (secondary N) is 1. The van der Waals surface area contributed by atoms with Crippen LogP contribution < -0.4 is 15.7 Å². The topological polar surface area (TPSA) is 106 Å². The third kappa shape index (κ3) is 5.16. The monoisotopic (exact) mass is 401 g/mol. The molecule has 2 N–H and O–H groups in total. The fourth-order valence-corrected chi connectivity index (χ4v) is 3.84. The van der Waals surface area contributed by atoms with Gasteiger partial charge in [-0.05, 0) is 62.6 Å². The Bertz CT molecular complexity index is 942. The van der Waals surface area contributed by atoms with E-state index in [2.05, 4.69) is 5.32 Å². The van der Waals surface area contributed by atoms with E-state index in [4.69, 9.17) is 14.3 Å². The van der Waals surface area contributed by atoms with Gasteiger partial charge in [-0.15, -0.1) is 0 Å². The van der Waals surface area contributed by atoms with Gasteiger partial charge in [0.25, 0.3) is 5.91 Å². The molecule has 0 radical (unpaired) electrons. The Morgan fingerprint density at radius 2 is 1.97 bits per heavy atom. The molecule has 7 heteroatoms. The highest BCUT2D eigenvalue weighted by Crippen LogP contribution is 2.28. The molecule has 1 fully saturated rings. The van der Waals surface area contributed by atoms with E-state index in [1.54, 1.807) is 19.1 Å². The summed E-state index contributed by atoms with van der Waals surface area (Å²) in [5.41, 5.74) is 0.941. The van der Waals surface area contributed by atoms with E-state index in [9.17, 15) is 14.4 Å². The smallest absolute Gasteiger partial charge is 0.336 e. The zero-order valence-corrected chi connectivity index (χ0v) is 16.8. The van der Waals surface area contributed by atoms with Crippen molar-refractivity contribution in [3.63, 3.8) is 0 Å². The number of hydrogen-bond acceptors (Lipinski definition) is 5. The van der Waals surface area contributed by atoms with Crippen LogP contribution in [-0.2, 0) is 16.0 Å². The summed E-state index contributed by atoms with van der Waals surface area (Å²) >= 11 is 0. The molecule has 3 rings (SSSR count). The molecule has 1 aliphatic carbocycles. The van der Waals surface area contributed by atoms with Crippen LogP contribution in [0.3, 0.4) is 0 Å². The van der Waals surface area contributed by atoms with Gasteiger partial charge in [0.2, 0.25) is 0 Å². The molecule has 0 unspecified atom stereocenters. The second kappa shape index (κ2) is 9.11. The minimum atomic E-state index is -0.730. The van der Waals surface area contributed by atoms with E-state index >= 15 is 0 Å². The second-order valence-electron chi connectivity index (χ2n) is 7.66. The van der Waals surface area contributed by atoms with Gasteiger partial charge in [-0.1, -0.05) is 6.92 Å². The minimum absolute atomic E-state index is 0.228. The Morgan fingerprint density at radius 3 is 2.62 bits per heavy atom. The number of aryl methyl sites for hydroxylation is 1. The van der Waals surface area contributed by atoms with E-state index in [0.717, 1.165) is 30.2 Å². The molecule has 29 heavy (non-hydrogen) atoms. The number of amides is 1. The number of aliphatic carboxylic acids is 1. The first kappa shape index (κ1) is 20.9. The molecule has 7 nitrogen and oxygen atoms in total. The van der Waals surface area contributed by atoms with E-state index in [1.165, 1.54) is 6.07 Å². The van der Waals surface area contributed by atoms with Crippen molar-refractivity contribution in [3.8, 4) is 5.75 Å². The first-order valence-corrected chi connectivity index (χ1v) is 10.1. The molecule has 1 aromatic heterocycles. The lowest BCUT2D eigenvalue weighted by molar-refractivity contribution is -0.143. The van der Waals surface area contributed by atoms with Crippen molar-refractivity contribution < 1.29 is 23.8 Å². The molecule has 0 bridgehead atoms. The highest BCUT2D eigenvalue weighted by Gasteiger charge is 2.26. The maximum atomic E-state index is 12.4. The predicted octanol–water partition coefficient (Wildman–Crippen LogP) is 3.13. The second-order valence-corrected chi connectivity index (χ2v) is 7.66. The maximum absolute atomic E-state index is 12.4. The molecule has 2 aromatic rings. The number of carboxylic acids is 1. The van der Waals surface area contributed by atoms with E-state index in [1.807, 2.05) is 13.0 Å². The summed E-state index contributed by atoms with van der Waals surface area (Å²) in [6.45, 7) is 4.16. The van der Waals surface area contributed by atoms with Gasteiger partial charge in [0.05, 0.1) is 5.92 Å². The first-order valence-electron chi connectivity index (χ1n) is 10.1. The van der Waals surface area contributed by atoms with Crippen LogP contribution in [0.15, 0.2) is 33.5 Å². The number of benzene rings is 1. The van der Waals surface area contributed by atoms with Crippen molar-refractivity contribution in [1.82, 2.24) is 5.32 Å². The summed E-state index contributed by atoms with van der Waals surface area (Å²) in [6, 6.07) is 6.71. The highest BCUT2D eigenvalue weighted by molar-refractivity contribution is 5.83. The van der Waals surface area contributed by atoms with Crippen molar-refractivity contribution in [2.45, 2.75) is 52.1 Å². The van der Waals surface area contributed by atoms with E-state index < -0.39 is 17.7 Å². The molecule has 0 saturated heterocycles. The van der Waals surface area contributed by atoms with Crippen LogP contribution in [0.1, 0.15) is 45.1 Å². The number of carbonyl (C=O) groups excluding carboxylic acids is 1. The van der Waals surface area contributed by atoms with Crippen molar-refractivity contribution in [2.24, 2.45) is 11.8 Å². The third-order valence-corrected chi connectivity index (χ3v) is 5.63. The lowest BCUT2D eigenvalue weighted by Crippen LogP contribution is -2.39. The van der Waals surface area contributed by atoms with Gasteiger partial charge in [0.15, 0.2) is 6.10 Å². The fraction of sp³-hybridized carbons (Fsp3) is 0.500. The molecule has 1 saturated carbocycles. The predicted molar refractivity (Wildman–Crippen MR) is 108 cm³/mol. The Hall–Kier alpha value is -2.83. The number of carbonyl (C=O) groups is 2. The number of ether oxygens (including phenoxy) is 1. The van der Waals surface area contributed by atoms with Gasteiger partial charge in [-0.3, -0.25) is 9.59 Å². The first-order chi connectivity index (χ1) is 13.9. The summed E-state index contributed by atoms with van der Waals surface area (Å²) in [7, 11) is 0. The largest absolute Gasteiger partial charge is 0.481 e. The fourth-order valence-electron chi connectivity index (χ4n) is 3.84. The quantitative estimate of drug-likeness (QED) is 0.691. The molecule has 0 aliphatic heterocycles. The minimum Gasteiger partial charge on any atom is -0.481 e. The average molecular weight is 401 g/mol. The van der Waals surface area contributed by atoms with Crippen LogP contribution in [0.4, 0.5) is 0 Å². The Labute approximate surface area is 169 Å². The normalized spacial score (nSPS) is 20.2. The standard InChI is InChI=1S/C22H27NO6/c1-3-15-10-20(24)29-19-11-17(8-9-18(15)19)28-13(2)21(25)23-12-14-4-6-16(7-5-14)22(26)27/h8-11,13-14,16H,3-7,12H2,1-2H3,(H,23,25)(H,26,27)/t13-,14?,16?/m1/s1. The molecular weight excluding hydrogens is 374 g/mol. The Kier molecular flexibility index (Phi) is 6.56. The Morgan fingerprint density at radius 1 is 1.24 bits per heavy atom. The maximum Gasteiger partial charge on any atom is 0.336 e. The third-order valence-electron chi connectivity index (χ3n) is 5.63. The molecule has 1 aliphatic rings. The van der Waals surface area contributed by atoms with Crippen molar-refractivity contribution in [3.05, 3.63) is 40.2 Å². The molecular formula is C22H27NO6. The average Bonchev–Trinajstić information content (AvgIpc) is 2.71. The molecule has 1 amide bonds. The number of carboxylic acid groups (broad SMARTS) is 1. The SMILES string of the molecule is CCc1cc(=O)oc2cc(O[C@H](C)C(=O)NCC3CCC(C(=O)O)CC3)ccc12. The summed E-state index contributed by atoms with van der Waals surface area (Å²) in [5.74, 6) is -0.464. The van der Waals surface area contributed by atoms with E-state index in [-0.39, 0.29) is 11.8 Å². The molecule has 0 spiro atoms. The Balaban J connectivity index is 1.55. The number of rotatable bonds is 7. The van der Waals surface area contributed by atoms with Gasteiger partial charge in [0, 0.05) is 24.1 Å². The number of hydrogen-bond donors (Lipinski definition) is 2. The zero-order chi connectivity index (χ0) is 21.0. The van der Waals surface area contributed by atoms with Crippen LogP contribution in [-0.4, -0.2) is 29.6 Å². The summed E-state index contributed by atoms with van der Waals surface area (Å²) in [6.07, 6.45) is 2.93. The summed E-state index contributed by atoms with van der Waals surface area (Å²) < 4.78 is 11.0. The summed E-state index contributed by atoms with van der Waals surface area (Å²) in [4.78, 5) is 35.1. The van der Waals surface area contributed by atoms with Crippen LogP contribution >= 0.6 is 0 Å². The highest BCUT2D eigenvalue weighted by atomic mass is 16.5. The molecule has 1 atom stereocenters. The molecule has 1 aromatic carbocycles. The van der Waals surface area contributed by atoms with Crippen LogP contribution in [0.5, 0.6) is 5.75 Å². The van der Waals surface area contributed by atoms with Gasteiger partial charge in [0.1, 0.15) is 11.3 Å². The van der Waals surface area contributed by atoms with Crippen molar-refractivity contribution in [2.75, 3.05) is 6.54 Å². The van der Waals surface area contributed by atoms with Crippen LogP contribution in [0.2, 0.25) is 0 Å². The van der Waals surface area contributed by atoms with Gasteiger partial charge >= 0.3 is 11.6 Å². The lowest BCUT2D eigenvalue weighted by atomic mass is 9.82. The molecule has 156 valence electrons. The number of fused-ring (bicyclic) bond motifs is 1. The summed E-state index contributed by atoms with van der Waals surface area (Å²) in [5, 5.41) is 12.8. The van der Waals surface area contributed by atoms with Crippen LogP contribution in [0.25, 0.3) is 11.0 Å². The van der Waals surface area contributed by atoms with Gasteiger partial charge in [-0.2, -0.15) is 0 Å². The van der Waals surface area contributed by atoms with E-state index in [0.29, 0.717) is 36.6 Å². The van der Waals surface area contributed by atoms with Crippen molar-refractivity contribution in [1.29, 1.82) is 0 Å². The van der Waals surface area contributed by atoms with Gasteiger partial charge < -0.3 is 19.6 Å². The molecule has 1 heterocycles. The zero-order valence-electron chi connectivity index (χ0n) is 16.8. The van der Waals surface area contributed by atoms with Crippen LogP contribution in [0, 0.1) is 11.8 Å².